The molecule has 0 radical (unpaired) electrons. The van der Waals surface area contributed by atoms with Crippen LogP contribution in [0.5, 0.6) is 0 Å². The third-order valence-electron chi connectivity index (χ3n) is 2.66. The molecule has 12 heavy (non-hydrogen) atoms. The molecule has 0 amide bonds. The fourth-order valence-electron chi connectivity index (χ4n) is 2.01. The van der Waals surface area contributed by atoms with E-state index in [0.717, 1.165) is 12.2 Å². The second kappa shape index (κ2) is 3.31. The van der Waals surface area contributed by atoms with E-state index in [4.69, 9.17) is 10.2 Å². The highest BCUT2D eigenvalue weighted by Crippen LogP contribution is 2.31. The molecule has 1 saturated carbocycles. The van der Waals surface area contributed by atoms with Gasteiger partial charge < -0.3 is 10.2 Å². The highest BCUT2D eigenvalue weighted by molar-refractivity contribution is 5.06. The van der Waals surface area contributed by atoms with Crippen LogP contribution < -0.4 is 5.73 Å². The third-order valence-corrected chi connectivity index (χ3v) is 2.66. The minimum Gasteiger partial charge on any atom is -0.469 e. The van der Waals surface area contributed by atoms with Gasteiger partial charge in [-0.05, 0) is 31.4 Å². The van der Waals surface area contributed by atoms with Crippen molar-refractivity contribution in [2.24, 2.45) is 5.73 Å². The minimum absolute atomic E-state index is 0.383. The summed E-state index contributed by atoms with van der Waals surface area (Å²) < 4.78 is 5.37. The van der Waals surface area contributed by atoms with E-state index in [1.165, 1.54) is 19.3 Å². The highest BCUT2D eigenvalue weighted by atomic mass is 16.3. The van der Waals surface area contributed by atoms with Crippen LogP contribution in [0.15, 0.2) is 22.8 Å². The number of hydrogen-bond acceptors (Lipinski definition) is 2. The van der Waals surface area contributed by atoms with E-state index in [1.54, 1.807) is 6.26 Å². The lowest BCUT2D eigenvalue weighted by atomic mass is 9.85. The molecule has 1 heterocycles. The topological polar surface area (TPSA) is 39.2 Å². The molecule has 1 aromatic rings. The number of nitrogens with two attached hydrogens (primary N) is 1. The number of rotatable bonds is 1. The lowest BCUT2D eigenvalue weighted by Gasteiger charge is -2.24. The molecule has 66 valence electrons. The van der Waals surface area contributed by atoms with Crippen LogP contribution in [-0.2, 0) is 0 Å². The van der Waals surface area contributed by atoms with Gasteiger partial charge in [-0.15, -0.1) is 0 Å². The Labute approximate surface area is 72.7 Å². The second-order valence-corrected chi connectivity index (χ2v) is 3.64. The van der Waals surface area contributed by atoms with Crippen LogP contribution in [0.25, 0.3) is 0 Å². The summed E-state index contributed by atoms with van der Waals surface area (Å²) in [6, 6.07) is 4.40. The largest absolute Gasteiger partial charge is 0.469 e. The normalized spacial score (nSPS) is 30.4. The average molecular weight is 165 g/mol. The Balaban J connectivity index is 2.04. The quantitative estimate of drug-likeness (QED) is 0.693. The second-order valence-electron chi connectivity index (χ2n) is 3.64. The zero-order chi connectivity index (χ0) is 8.39. The predicted octanol–water partition coefficient (Wildman–Crippen LogP) is 2.26. The van der Waals surface area contributed by atoms with Gasteiger partial charge in [0.1, 0.15) is 5.76 Å². The van der Waals surface area contributed by atoms with Crippen molar-refractivity contribution in [3.8, 4) is 0 Å². The molecular formula is C10H15NO. The molecule has 2 atom stereocenters. The van der Waals surface area contributed by atoms with Crippen molar-refractivity contribution in [2.45, 2.75) is 37.6 Å². The molecule has 0 saturated heterocycles. The molecule has 0 aromatic carbocycles. The summed E-state index contributed by atoms with van der Waals surface area (Å²) in [5.41, 5.74) is 5.89. The van der Waals surface area contributed by atoms with Gasteiger partial charge in [-0.1, -0.05) is 6.42 Å². The summed E-state index contributed by atoms with van der Waals surface area (Å²) in [4.78, 5) is 0. The molecule has 2 unspecified atom stereocenters. The Hall–Kier alpha value is -0.760. The molecule has 1 fully saturated rings. The van der Waals surface area contributed by atoms with E-state index >= 15 is 0 Å². The van der Waals surface area contributed by atoms with E-state index in [1.807, 2.05) is 6.07 Å². The van der Waals surface area contributed by atoms with Crippen molar-refractivity contribution in [2.75, 3.05) is 0 Å². The fraction of sp³-hybridized carbons (Fsp3) is 0.600. The predicted molar refractivity (Wildman–Crippen MR) is 47.9 cm³/mol. The highest BCUT2D eigenvalue weighted by Gasteiger charge is 2.22. The Morgan fingerprint density at radius 3 is 3.00 bits per heavy atom. The Morgan fingerprint density at radius 1 is 1.42 bits per heavy atom. The standard InChI is InChI=1S/C10H15NO/c11-9-4-1-3-8(7-9)10-5-2-6-12-10/h2,5-6,8-9H,1,3-4,7,11H2. The molecule has 0 aliphatic heterocycles. The van der Waals surface area contributed by atoms with Gasteiger partial charge in [0.2, 0.25) is 0 Å². The average Bonchev–Trinajstić information content (AvgIpc) is 2.56. The first-order chi connectivity index (χ1) is 5.86. The summed E-state index contributed by atoms with van der Waals surface area (Å²) in [7, 11) is 0. The molecule has 1 aromatic heterocycles. The number of furan rings is 1. The van der Waals surface area contributed by atoms with Gasteiger partial charge in [0.05, 0.1) is 6.26 Å². The SMILES string of the molecule is NC1CCCC(c2ccco2)C1. The van der Waals surface area contributed by atoms with Crippen LogP contribution in [0, 0.1) is 0 Å². The fourth-order valence-corrected chi connectivity index (χ4v) is 2.01. The first-order valence-electron chi connectivity index (χ1n) is 4.65. The maximum Gasteiger partial charge on any atom is 0.106 e. The lowest BCUT2D eigenvalue weighted by Crippen LogP contribution is -2.26. The van der Waals surface area contributed by atoms with Crippen LogP contribution in [0.2, 0.25) is 0 Å². The zero-order valence-corrected chi connectivity index (χ0v) is 7.20. The summed E-state index contributed by atoms with van der Waals surface area (Å²) in [5.74, 6) is 1.69. The van der Waals surface area contributed by atoms with Gasteiger partial charge >= 0.3 is 0 Å². The first kappa shape index (κ1) is 7.87. The maximum atomic E-state index is 5.89. The lowest BCUT2D eigenvalue weighted by molar-refractivity contribution is 0.345. The summed E-state index contributed by atoms with van der Waals surface area (Å²) in [6.07, 6.45) is 6.49. The van der Waals surface area contributed by atoms with Crippen LogP contribution in [0.3, 0.4) is 0 Å². The van der Waals surface area contributed by atoms with Crippen LogP contribution >= 0.6 is 0 Å². The van der Waals surface area contributed by atoms with Gasteiger partial charge in [-0.2, -0.15) is 0 Å². The summed E-state index contributed by atoms with van der Waals surface area (Å²) >= 11 is 0. The molecule has 2 nitrogen and oxygen atoms in total. The summed E-state index contributed by atoms with van der Waals surface area (Å²) in [6.45, 7) is 0. The van der Waals surface area contributed by atoms with E-state index in [0.29, 0.717) is 12.0 Å². The van der Waals surface area contributed by atoms with E-state index < -0.39 is 0 Å². The van der Waals surface area contributed by atoms with Crippen molar-refractivity contribution >= 4 is 0 Å². The number of hydrogen-bond donors (Lipinski definition) is 1. The van der Waals surface area contributed by atoms with Crippen molar-refractivity contribution in [1.29, 1.82) is 0 Å². The zero-order valence-electron chi connectivity index (χ0n) is 7.20. The van der Waals surface area contributed by atoms with Gasteiger partial charge in [-0.3, -0.25) is 0 Å². The summed E-state index contributed by atoms with van der Waals surface area (Å²) in [5, 5.41) is 0. The first-order valence-corrected chi connectivity index (χ1v) is 4.65. The van der Waals surface area contributed by atoms with Crippen LogP contribution in [-0.4, -0.2) is 6.04 Å². The Kier molecular flexibility index (Phi) is 2.17. The molecule has 1 aliphatic carbocycles. The van der Waals surface area contributed by atoms with Gasteiger partial charge in [0.25, 0.3) is 0 Å². The van der Waals surface area contributed by atoms with E-state index in [9.17, 15) is 0 Å². The molecule has 0 spiro atoms. The Bertz CT molecular complexity index is 230. The van der Waals surface area contributed by atoms with Crippen LogP contribution in [0.1, 0.15) is 37.4 Å². The molecule has 1 aliphatic rings. The minimum atomic E-state index is 0.383. The van der Waals surface area contributed by atoms with Gasteiger partial charge in [0, 0.05) is 12.0 Å². The van der Waals surface area contributed by atoms with E-state index in [2.05, 4.69) is 6.07 Å². The molecule has 2 N–H and O–H groups in total. The molecule has 0 bridgehead atoms. The molecule has 2 rings (SSSR count). The third kappa shape index (κ3) is 1.53. The smallest absolute Gasteiger partial charge is 0.106 e. The van der Waals surface area contributed by atoms with E-state index in [-0.39, 0.29) is 0 Å². The maximum absolute atomic E-state index is 5.89. The van der Waals surface area contributed by atoms with Gasteiger partial charge in [0.15, 0.2) is 0 Å². The molecule has 2 heteroatoms. The Morgan fingerprint density at radius 2 is 2.33 bits per heavy atom. The van der Waals surface area contributed by atoms with Gasteiger partial charge in [-0.25, -0.2) is 0 Å². The van der Waals surface area contributed by atoms with Crippen molar-refractivity contribution < 1.29 is 4.42 Å². The van der Waals surface area contributed by atoms with Crippen molar-refractivity contribution in [1.82, 2.24) is 0 Å². The van der Waals surface area contributed by atoms with Crippen molar-refractivity contribution in [3.63, 3.8) is 0 Å². The molecular weight excluding hydrogens is 150 g/mol. The van der Waals surface area contributed by atoms with Crippen molar-refractivity contribution in [3.05, 3.63) is 24.2 Å². The van der Waals surface area contributed by atoms with Crippen LogP contribution in [0.4, 0.5) is 0 Å². The monoisotopic (exact) mass is 165 g/mol.